The second-order valence-corrected chi connectivity index (χ2v) is 10.3. The van der Waals surface area contributed by atoms with Gasteiger partial charge in [0.15, 0.2) is 0 Å². The van der Waals surface area contributed by atoms with Crippen molar-refractivity contribution in [3.63, 3.8) is 0 Å². The molecule has 2 aromatic heterocycles. The second kappa shape index (κ2) is 14.4. The summed E-state index contributed by atoms with van der Waals surface area (Å²) in [6.45, 7) is 1.68. The van der Waals surface area contributed by atoms with Crippen molar-refractivity contribution >= 4 is 32.7 Å². The minimum absolute atomic E-state index is 0.00469. The van der Waals surface area contributed by atoms with Gasteiger partial charge in [0.05, 0.1) is 30.5 Å². The van der Waals surface area contributed by atoms with Gasteiger partial charge in [-0.1, -0.05) is 42.8 Å². The SMILES string of the molecule is C1CCNCC1.CF.Nc1ncc2nc(-c3ccc(NS(=O)(=O)Cc4ccccc4)c(F)c3)cc(CF)c2n1. The van der Waals surface area contributed by atoms with E-state index in [0.717, 1.165) is 6.07 Å². The molecule has 39 heavy (non-hydrogen) atoms. The summed E-state index contributed by atoms with van der Waals surface area (Å²) in [6, 6.07) is 13.9. The number of halogens is 3. The number of alkyl halides is 2. The predicted octanol–water partition coefficient (Wildman–Crippen LogP) is 5.17. The fourth-order valence-electron chi connectivity index (χ4n) is 3.91. The maximum Gasteiger partial charge on any atom is 0.237 e. The first-order valence-electron chi connectivity index (χ1n) is 12.3. The Kier molecular flexibility index (Phi) is 11.0. The molecule has 1 aliphatic heterocycles. The average Bonchev–Trinajstić information content (AvgIpc) is 2.96. The Morgan fingerprint density at radius 3 is 2.31 bits per heavy atom. The molecule has 4 N–H and O–H groups in total. The highest BCUT2D eigenvalue weighted by Gasteiger charge is 2.16. The minimum atomic E-state index is -3.81. The van der Waals surface area contributed by atoms with Crippen LogP contribution in [0.1, 0.15) is 30.4 Å². The van der Waals surface area contributed by atoms with E-state index in [1.54, 1.807) is 30.3 Å². The van der Waals surface area contributed by atoms with E-state index in [4.69, 9.17) is 5.73 Å². The van der Waals surface area contributed by atoms with Crippen LogP contribution in [0.3, 0.4) is 0 Å². The fourth-order valence-corrected chi connectivity index (χ4v) is 5.11. The van der Waals surface area contributed by atoms with Crippen LogP contribution in [0.25, 0.3) is 22.3 Å². The van der Waals surface area contributed by atoms with E-state index in [9.17, 15) is 21.6 Å². The Morgan fingerprint density at radius 2 is 1.72 bits per heavy atom. The number of sulfonamides is 1. The highest BCUT2D eigenvalue weighted by atomic mass is 32.2. The van der Waals surface area contributed by atoms with Gasteiger partial charge < -0.3 is 11.1 Å². The van der Waals surface area contributed by atoms with Gasteiger partial charge in [-0.05, 0) is 49.7 Å². The van der Waals surface area contributed by atoms with Gasteiger partial charge in [0.1, 0.15) is 23.5 Å². The summed E-state index contributed by atoms with van der Waals surface area (Å²) in [5.74, 6) is -1.08. The van der Waals surface area contributed by atoms with E-state index in [-0.39, 0.29) is 28.5 Å². The zero-order valence-electron chi connectivity index (χ0n) is 21.5. The standard InChI is InChI=1S/C21H17F2N5O2S.C5H11N.CH3F/c22-10-15-9-18(26-19-11-25-21(24)27-20(15)19)14-6-7-17(16(23)8-14)28-31(29,30)12-13-4-2-1-3-5-13;1-2-4-6-5-3-1;1-2/h1-9,11,28H,10,12H2,(H2,24,25,27);6H,1-5H2;1H3. The van der Waals surface area contributed by atoms with Crippen LogP contribution in [-0.4, -0.2) is 43.6 Å². The quantitative estimate of drug-likeness (QED) is 0.297. The number of anilines is 2. The van der Waals surface area contributed by atoms with Crippen LogP contribution in [0.5, 0.6) is 0 Å². The molecule has 1 fully saturated rings. The van der Waals surface area contributed by atoms with Crippen LogP contribution in [0, 0.1) is 5.82 Å². The Balaban J connectivity index is 0.000000457. The number of aromatic nitrogens is 3. The summed E-state index contributed by atoms with van der Waals surface area (Å²) in [7, 11) is -3.31. The van der Waals surface area contributed by atoms with Crippen molar-refractivity contribution in [2.24, 2.45) is 0 Å². The third-order valence-electron chi connectivity index (χ3n) is 5.72. The molecule has 2 aromatic carbocycles. The smallest absolute Gasteiger partial charge is 0.237 e. The van der Waals surface area contributed by atoms with Crippen molar-refractivity contribution < 1.29 is 21.6 Å². The maximum absolute atomic E-state index is 14.7. The summed E-state index contributed by atoms with van der Waals surface area (Å²) in [5.41, 5.74) is 7.41. The molecule has 5 rings (SSSR count). The largest absolute Gasteiger partial charge is 0.368 e. The van der Waals surface area contributed by atoms with Gasteiger partial charge in [0, 0.05) is 11.1 Å². The number of pyridine rings is 1. The van der Waals surface area contributed by atoms with Crippen molar-refractivity contribution in [1.29, 1.82) is 0 Å². The van der Waals surface area contributed by atoms with Crippen molar-refractivity contribution in [1.82, 2.24) is 20.3 Å². The first-order valence-corrected chi connectivity index (χ1v) is 13.9. The molecule has 1 saturated heterocycles. The normalized spacial score (nSPS) is 13.0. The number of rotatable bonds is 6. The van der Waals surface area contributed by atoms with Gasteiger partial charge >= 0.3 is 0 Å². The molecule has 3 heterocycles. The first-order chi connectivity index (χ1) is 18.8. The monoisotopic (exact) mass is 560 g/mol. The fraction of sp³-hybridized carbons (Fsp3) is 0.296. The maximum atomic E-state index is 14.7. The Bertz CT molecular complexity index is 1460. The van der Waals surface area contributed by atoms with Crippen molar-refractivity contribution in [3.8, 4) is 11.3 Å². The second-order valence-electron chi connectivity index (χ2n) is 8.61. The molecule has 0 unspecified atom stereocenters. The molecule has 4 aromatic rings. The lowest BCUT2D eigenvalue weighted by Gasteiger charge is -2.11. The van der Waals surface area contributed by atoms with Crippen LogP contribution < -0.4 is 15.8 Å². The molecule has 0 radical (unpaired) electrons. The third-order valence-corrected chi connectivity index (χ3v) is 6.97. The minimum Gasteiger partial charge on any atom is -0.368 e. The lowest BCUT2D eigenvalue weighted by molar-refractivity contribution is 0.487. The number of nitrogens with two attached hydrogens (primary N) is 1. The van der Waals surface area contributed by atoms with Crippen LogP contribution >= 0.6 is 0 Å². The van der Waals surface area contributed by atoms with Crippen LogP contribution in [0.15, 0.2) is 60.8 Å². The Labute approximate surface area is 226 Å². The number of piperidine rings is 1. The van der Waals surface area contributed by atoms with Gasteiger partial charge in [-0.25, -0.2) is 32.2 Å². The summed E-state index contributed by atoms with van der Waals surface area (Å²) in [4.78, 5) is 12.2. The summed E-state index contributed by atoms with van der Waals surface area (Å²) < 4.78 is 64.7. The van der Waals surface area contributed by atoms with Gasteiger partial charge in [0.25, 0.3) is 0 Å². The van der Waals surface area contributed by atoms with Crippen LogP contribution in [0.4, 0.5) is 24.8 Å². The first kappa shape index (κ1) is 29.8. The number of hydrogen-bond acceptors (Lipinski definition) is 7. The average molecular weight is 561 g/mol. The highest BCUT2D eigenvalue weighted by Crippen LogP contribution is 2.28. The van der Waals surface area contributed by atoms with Gasteiger partial charge in [0.2, 0.25) is 16.0 Å². The zero-order valence-corrected chi connectivity index (χ0v) is 22.3. The van der Waals surface area contributed by atoms with Gasteiger partial charge in [-0.2, -0.15) is 0 Å². The number of nitrogen functional groups attached to an aromatic ring is 1. The van der Waals surface area contributed by atoms with Gasteiger partial charge in [-0.3, -0.25) is 9.11 Å². The summed E-state index contributed by atoms with van der Waals surface area (Å²) in [6.07, 6.45) is 5.58. The highest BCUT2D eigenvalue weighted by molar-refractivity contribution is 7.91. The molecule has 1 aliphatic rings. The Morgan fingerprint density at radius 1 is 1.00 bits per heavy atom. The van der Waals surface area contributed by atoms with Crippen molar-refractivity contribution in [3.05, 3.63) is 77.7 Å². The lowest BCUT2D eigenvalue weighted by atomic mass is 10.1. The van der Waals surface area contributed by atoms with Crippen molar-refractivity contribution in [2.45, 2.75) is 31.7 Å². The molecule has 8 nitrogen and oxygen atoms in total. The number of fused-ring (bicyclic) bond motifs is 1. The summed E-state index contributed by atoms with van der Waals surface area (Å²) in [5, 5.41) is 3.28. The third kappa shape index (κ3) is 8.62. The number of benzene rings is 2. The van der Waals surface area contributed by atoms with E-state index in [1.807, 2.05) is 0 Å². The molecule has 0 spiro atoms. The molecule has 0 amide bonds. The van der Waals surface area contributed by atoms with Crippen LogP contribution in [0.2, 0.25) is 0 Å². The van der Waals surface area contributed by atoms with Crippen molar-refractivity contribution in [2.75, 3.05) is 30.7 Å². The van der Waals surface area contributed by atoms with E-state index >= 15 is 0 Å². The lowest BCUT2D eigenvalue weighted by Crippen LogP contribution is -2.21. The molecular weight excluding hydrogens is 529 g/mol. The molecule has 0 saturated carbocycles. The number of nitrogens with zero attached hydrogens (tertiary/aromatic N) is 3. The van der Waals surface area contributed by atoms with Crippen LogP contribution in [-0.2, 0) is 22.5 Å². The number of hydrogen-bond donors (Lipinski definition) is 3. The molecule has 0 aliphatic carbocycles. The zero-order chi connectivity index (χ0) is 28.3. The Hall–Kier alpha value is -3.77. The van der Waals surface area contributed by atoms with Gasteiger partial charge in [-0.15, -0.1) is 0 Å². The molecule has 12 heteroatoms. The molecule has 208 valence electrons. The molecule has 0 bridgehead atoms. The topological polar surface area (TPSA) is 123 Å². The van der Waals surface area contributed by atoms with E-state index in [1.165, 1.54) is 56.7 Å². The molecular formula is C27H31F3N6O2S. The van der Waals surface area contributed by atoms with E-state index in [2.05, 4.69) is 25.0 Å². The summed E-state index contributed by atoms with van der Waals surface area (Å²) >= 11 is 0. The van der Waals surface area contributed by atoms with E-state index in [0.29, 0.717) is 29.5 Å². The predicted molar refractivity (Wildman–Crippen MR) is 148 cm³/mol. The van der Waals surface area contributed by atoms with E-state index < -0.39 is 22.5 Å². The number of nitrogens with one attached hydrogen (secondary N) is 2. The molecule has 0 atom stereocenters.